The molecule has 1 heterocycles. The van der Waals surface area contributed by atoms with E-state index in [1.54, 1.807) is 0 Å². The largest absolute Gasteiger partial charge is 0.351 e. The van der Waals surface area contributed by atoms with Gasteiger partial charge < -0.3 is 15.6 Å². The van der Waals surface area contributed by atoms with E-state index in [0.29, 0.717) is 24.9 Å². The third-order valence-corrected chi connectivity index (χ3v) is 3.34. The first-order valence-corrected chi connectivity index (χ1v) is 7.17. The number of nitrogens with one attached hydrogen (secondary N) is 3. The van der Waals surface area contributed by atoms with Gasteiger partial charge in [-0.25, -0.2) is 4.98 Å². The quantitative estimate of drug-likeness (QED) is 0.703. The average Bonchev–Trinajstić information content (AvgIpc) is 3.09. The first-order chi connectivity index (χ1) is 9.58. The number of hydrogen-bond donors (Lipinski definition) is 3. The molecule has 20 heavy (non-hydrogen) atoms. The second kappa shape index (κ2) is 6.54. The van der Waals surface area contributed by atoms with Crippen LogP contribution in [0, 0.1) is 11.8 Å². The SMILES string of the molecule is CC(C)CCNC(=O)c1nc[nH]c1C(=O)NCC1CC1. The highest BCUT2D eigenvalue weighted by Gasteiger charge is 2.24. The number of H-pyrrole nitrogens is 1. The van der Waals surface area contributed by atoms with Crippen molar-refractivity contribution in [3.63, 3.8) is 0 Å². The van der Waals surface area contributed by atoms with Crippen LogP contribution in [0.2, 0.25) is 0 Å². The van der Waals surface area contributed by atoms with Crippen molar-refractivity contribution < 1.29 is 9.59 Å². The molecule has 0 radical (unpaired) electrons. The molecule has 2 amide bonds. The predicted octanol–water partition coefficient (Wildman–Crippen LogP) is 1.33. The van der Waals surface area contributed by atoms with Crippen molar-refractivity contribution in [2.75, 3.05) is 13.1 Å². The van der Waals surface area contributed by atoms with Crippen LogP contribution in [-0.2, 0) is 0 Å². The van der Waals surface area contributed by atoms with Crippen molar-refractivity contribution in [3.05, 3.63) is 17.7 Å². The van der Waals surface area contributed by atoms with E-state index < -0.39 is 0 Å². The van der Waals surface area contributed by atoms with E-state index in [9.17, 15) is 9.59 Å². The van der Waals surface area contributed by atoms with Gasteiger partial charge in [-0.05, 0) is 31.1 Å². The first kappa shape index (κ1) is 14.6. The molecule has 0 bridgehead atoms. The molecule has 1 aliphatic carbocycles. The summed E-state index contributed by atoms with van der Waals surface area (Å²) in [6.07, 6.45) is 4.63. The van der Waals surface area contributed by atoms with Crippen LogP contribution < -0.4 is 10.6 Å². The van der Waals surface area contributed by atoms with Crippen molar-refractivity contribution in [1.82, 2.24) is 20.6 Å². The van der Waals surface area contributed by atoms with Crippen molar-refractivity contribution in [1.29, 1.82) is 0 Å². The highest BCUT2D eigenvalue weighted by molar-refractivity contribution is 6.04. The second-order valence-electron chi connectivity index (χ2n) is 5.72. The van der Waals surface area contributed by atoms with Crippen LogP contribution in [0.25, 0.3) is 0 Å². The highest BCUT2D eigenvalue weighted by Crippen LogP contribution is 2.27. The Morgan fingerprint density at radius 1 is 1.35 bits per heavy atom. The number of amides is 2. The van der Waals surface area contributed by atoms with Gasteiger partial charge in [-0.15, -0.1) is 0 Å². The average molecular weight is 278 g/mol. The summed E-state index contributed by atoms with van der Waals surface area (Å²) in [5.41, 5.74) is 0.412. The Hall–Kier alpha value is -1.85. The fraction of sp³-hybridized carbons (Fsp3) is 0.643. The van der Waals surface area contributed by atoms with Crippen molar-refractivity contribution in [2.45, 2.75) is 33.1 Å². The van der Waals surface area contributed by atoms with Crippen LogP contribution in [-0.4, -0.2) is 34.9 Å². The van der Waals surface area contributed by atoms with Gasteiger partial charge in [0.25, 0.3) is 11.8 Å². The van der Waals surface area contributed by atoms with E-state index in [1.165, 1.54) is 19.2 Å². The predicted molar refractivity (Wildman–Crippen MR) is 75.4 cm³/mol. The van der Waals surface area contributed by atoms with Crippen LogP contribution in [0.4, 0.5) is 0 Å². The zero-order chi connectivity index (χ0) is 14.5. The van der Waals surface area contributed by atoms with Gasteiger partial charge >= 0.3 is 0 Å². The summed E-state index contributed by atoms with van der Waals surface area (Å²) in [6, 6.07) is 0. The summed E-state index contributed by atoms with van der Waals surface area (Å²) in [5.74, 6) is 0.563. The maximum absolute atomic E-state index is 12.0. The number of nitrogens with zero attached hydrogens (tertiary/aromatic N) is 1. The van der Waals surface area contributed by atoms with Gasteiger partial charge in [-0.1, -0.05) is 13.8 Å². The highest BCUT2D eigenvalue weighted by atomic mass is 16.2. The minimum absolute atomic E-state index is 0.169. The molecule has 6 heteroatoms. The molecule has 1 aromatic rings. The molecule has 0 aromatic carbocycles. The topological polar surface area (TPSA) is 86.9 Å². The third kappa shape index (κ3) is 4.08. The summed E-state index contributed by atoms with van der Waals surface area (Å²) < 4.78 is 0. The van der Waals surface area contributed by atoms with Crippen LogP contribution in [0.15, 0.2) is 6.33 Å². The van der Waals surface area contributed by atoms with Gasteiger partial charge in [0.15, 0.2) is 5.69 Å². The first-order valence-electron chi connectivity index (χ1n) is 7.17. The van der Waals surface area contributed by atoms with Crippen molar-refractivity contribution in [2.24, 2.45) is 11.8 Å². The molecule has 1 fully saturated rings. The van der Waals surface area contributed by atoms with Crippen LogP contribution >= 0.6 is 0 Å². The summed E-state index contributed by atoms with van der Waals surface area (Å²) in [7, 11) is 0. The van der Waals surface area contributed by atoms with E-state index in [4.69, 9.17) is 0 Å². The zero-order valence-electron chi connectivity index (χ0n) is 12.0. The molecule has 1 aliphatic rings. The lowest BCUT2D eigenvalue weighted by atomic mass is 10.1. The van der Waals surface area contributed by atoms with E-state index >= 15 is 0 Å². The van der Waals surface area contributed by atoms with E-state index in [-0.39, 0.29) is 23.2 Å². The smallest absolute Gasteiger partial charge is 0.272 e. The molecular weight excluding hydrogens is 256 g/mol. The number of carbonyl (C=O) groups is 2. The number of aromatic nitrogens is 2. The molecule has 110 valence electrons. The molecule has 3 N–H and O–H groups in total. The Bertz CT molecular complexity index is 477. The number of hydrogen-bond acceptors (Lipinski definition) is 3. The Labute approximate surface area is 118 Å². The summed E-state index contributed by atoms with van der Waals surface area (Å²) >= 11 is 0. The fourth-order valence-electron chi connectivity index (χ4n) is 1.85. The summed E-state index contributed by atoms with van der Waals surface area (Å²) in [5, 5.41) is 5.61. The van der Waals surface area contributed by atoms with Gasteiger partial charge in [0.1, 0.15) is 5.69 Å². The Kier molecular flexibility index (Phi) is 4.76. The minimum Gasteiger partial charge on any atom is -0.351 e. The molecule has 0 spiro atoms. The Balaban J connectivity index is 1.88. The lowest BCUT2D eigenvalue weighted by Crippen LogP contribution is -2.31. The lowest BCUT2D eigenvalue weighted by molar-refractivity contribution is 0.0912. The van der Waals surface area contributed by atoms with Crippen LogP contribution in [0.5, 0.6) is 0 Å². The summed E-state index contributed by atoms with van der Waals surface area (Å²) in [4.78, 5) is 30.7. The van der Waals surface area contributed by atoms with Crippen LogP contribution in [0.1, 0.15) is 54.1 Å². The maximum atomic E-state index is 12.0. The number of rotatable bonds is 7. The maximum Gasteiger partial charge on any atom is 0.272 e. The Morgan fingerprint density at radius 2 is 2.10 bits per heavy atom. The van der Waals surface area contributed by atoms with Crippen molar-refractivity contribution in [3.8, 4) is 0 Å². The molecule has 1 aromatic heterocycles. The normalized spacial score (nSPS) is 14.3. The third-order valence-electron chi connectivity index (χ3n) is 3.34. The lowest BCUT2D eigenvalue weighted by Gasteiger charge is -2.07. The summed E-state index contributed by atoms with van der Waals surface area (Å²) in [6.45, 7) is 5.45. The van der Waals surface area contributed by atoms with Gasteiger partial charge in [-0.2, -0.15) is 0 Å². The molecule has 0 atom stereocenters. The van der Waals surface area contributed by atoms with Crippen molar-refractivity contribution >= 4 is 11.8 Å². The monoisotopic (exact) mass is 278 g/mol. The molecule has 1 saturated carbocycles. The van der Waals surface area contributed by atoms with E-state index in [2.05, 4.69) is 34.4 Å². The fourth-order valence-corrected chi connectivity index (χ4v) is 1.85. The number of carbonyl (C=O) groups excluding carboxylic acids is 2. The standard InChI is InChI=1S/C14H22N4O2/c1-9(2)5-6-15-13(19)11-12(18-8-17-11)14(20)16-7-10-3-4-10/h8-10H,3-7H2,1-2H3,(H,15,19)(H,16,20)(H,17,18). The van der Waals surface area contributed by atoms with Crippen LogP contribution in [0.3, 0.4) is 0 Å². The van der Waals surface area contributed by atoms with Gasteiger partial charge in [0, 0.05) is 13.1 Å². The molecule has 0 saturated heterocycles. The van der Waals surface area contributed by atoms with Gasteiger partial charge in [-0.3, -0.25) is 9.59 Å². The van der Waals surface area contributed by atoms with E-state index in [1.807, 2.05) is 0 Å². The minimum atomic E-state index is -0.302. The van der Waals surface area contributed by atoms with E-state index in [0.717, 1.165) is 6.42 Å². The Morgan fingerprint density at radius 3 is 2.75 bits per heavy atom. The number of imidazole rings is 1. The molecule has 0 aliphatic heterocycles. The van der Waals surface area contributed by atoms with Gasteiger partial charge in [0.2, 0.25) is 0 Å². The van der Waals surface area contributed by atoms with Gasteiger partial charge in [0.05, 0.1) is 6.33 Å². The molecule has 6 nitrogen and oxygen atoms in total. The second-order valence-corrected chi connectivity index (χ2v) is 5.72. The molecule has 2 rings (SSSR count). The zero-order valence-corrected chi connectivity index (χ0v) is 12.0. The molecule has 0 unspecified atom stereocenters. The number of aromatic amines is 1. The molecular formula is C14H22N4O2.